The van der Waals surface area contributed by atoms with Crippen LogP contribution < -0.4 is 5.32 Å². The Morgan fingerprint density at radius 2 is 1.93 bits per heavy atom. The molecule has 0 unspecified atom stereocenters. The van der Waals surface area contributed by atoms with Gasteiger partial charge in [-0.25, -0.2) is 4.98 Å². The van der Waals surface area contributed by atoms with Crippen LogP contribution in [0, 0.1) is 13.8 Å². The molecule has 6 heteroatoms. The van der Waals surface area contributed by atoms with E-state index in [0.717, 1.165) is 37.5 Å². The Kier molecular flexibility index (Phi) is 5.48. The zero-order chi connectivity index (χ0) is 19.7. The van der Waals surface area contributed by atoms with Crippen LogP contribution in [0.3, 0.4) is 0 Å². The van der Waals surface area contributed by atoms with Crippen molar-refractivity contribution in [2.45, 2.75) is 57.4 Å². The molecule has 1 aliphatic carbocycles. The van der Waals surface area contributed by atoms with E-state index in [9.17, 15) is 4.79 Å². The molecule has 2 aromatic rings. The first-order valence-corrected chi connectivity index (χ1v) is 10.6. The lowest BCUT2D eigenvalue weighted by Gasteiger charge is -2.47. The zero-order valence-electron chi connectivity index (χ0n) is 16.6. The minimum absolute atomic E-state index is 0.145. The van der Waals surface area contributed by atoms with Crippen molar-refractivity contribution in [3.05, 3.63) is 52.2 Å². The highest BCUT2D eigenvalue weighted by Gasteiger charge is 2.40. The molecular weight excluding hydrogens is 374 g/mol. The molecule has 1 amide bonds. The molecule has 2 heterocycles. The molecule has 1 aromatic heterocycles. The summed E-state index contributed by atoms with van der Waals surface area (Å²) in [6.45, 7) is 6.68. The van der Waals surface area contributed by atoms with Crippen molar-refractivity contribution in [2.24, 2.45) is 0 Å². The summed E-state index contributed by atoms with van der Waals surface area (Å²) in [5.41, 5.74) is 2.34. The van der Waals surface area contributed by atoms with E-state index in [0.29, 0.717) is 17.3 Å². The fourth-order valence-corrected chi connectivity index (χ4v) is 4.73. The quantitative estimate of drug-likeness (QED) is 0.813. The van der Waals surface area contributed by atoms with Gasteiger partial charge in [-0.3, -0.25) is 4.79 Å². The summed E-state index contributed by atoms with van der Waals surface area (Å²) in [4.78, 5) is 19.2. The lowest BCUT2D eigenvalue weighted by atomic mass is 9.64. The average molecular weight is 402 g/mol. The third kappa shape index (κ3) is 3.96. The molecule has 1 aliphatic heterocycles. The van der Waals surface area contributed by atoms with Crippen molar-refractivity contribution in [1.29, 1.82) is 0 Å². The van der Waals surface area contributed by atoms with Gasteiger partial charge in [-0.1, -0.05) is 30.2 Å². The molecule has 0 bridgehead atoms. The number of aryl methyl sites for hydroxylation is 2. The summed E-state index contributed by atoms with van der Waals surface area (Å²) >= 11 is 6.07. The van der Waals surface area contributed by atoms with Crippen LogP contribution in [0.1, 0.15) is 59.8 Å². The molecule has 1 aromatic carbocycles. The lowest BCUT2D eigenvalue weighted by molar-refractivity contribution is 0.0844. The van der Waals surface area contributed by atoms with Gasteiger partial charge in [-0.15, -0.1) is 0 Å². The second kappa shape index (κ2) is 7.88. The Bertz CT molecular complexity index is 834. The Labute approximate surface area is 171 Å². The normalized spacial score (nSPS) is 20.0. The molecule has 2 fully saturated rings. The van der Waals surface area contributed by atoms with Crippen LogP contribution in [0.5, 0.6) is 0 Å². The summed E-state index contributed by atoms with van der Waals surface area (Å²) in [6.07, 6.45) is 5.72. The highest BCUT2D eigenvalue weighted by molar-refractivity contribution is 6.30. The van der Waals surface area contributed by atoms with Crippen LogP contribution in [0.15, 0.2) is 28.7 Å². The molecule has 0 radical (unpaired) electrons. The molecule has 0 atom stereocenters. The molecule has 28 heavy (non-hydrogen) atoms. The number of oxazole rings is 1. The van der Waals surface area contributed by atoms with Crippen molar-refractivity contribution in [2.75, 3.05) is 19.6 Å². The molecule has 5 nitrogen and oxygen atoms in total. The zero-order valence-corrected chi connectivity index (χ0v) is 17.4. The van der Waals surface area contributed by atoms with Gasteiger partial charge in [-0.05, 0) is 50.3 Å². The van der Waals surface area contributed by atoms with E-state index < -0.39 is 0 Å². The Hall–Kier alpha value is -1.85. The van der Waals surface area contributed by atoms with Crippen molar-refractivity contribution in [3.8, 4) is 0 Å². The van der Waals surface area contributed by atoms with Crippen molar-refractivity contribution in [3.63, 3.8) is 0 Å². The second-order valence-corrected chi connectivity index (χ2v) is 8.75. The minimum Gasteiger partial charge on any atom is -0.436 e. The summed E-state index contributed by atoms with van der Waals surface area (Å²) in [7, 11) is 0. The molecule has 0 spiro atoms. The fraction of sp³-hybridized carbons (Fsp3) is 0.545. The molecule has 2 aliphatic rings. The Morgan fingerprint density at radius 1 is 1.25 bits per heavy atom. The number of piperidine rings is 1. The second-order valence-electron chi connectivity index (χ2n) is 8.31. The first-order valence-electron chi connectivity index (χ1n) is 10.2. The number of halogens is 1. The molecule has 150 valence electrons. The van der Waals surface area contributed by atoms with Crippen LogP contribution in [-0.4, -0.2) is 41.5 Å². The van der Waals surface area contributed by atoms with Crippen LogP contribution in [0.2, 0.25) is 5.02 Å². The number of aromatic nitrogens is 1. The average Bonchev–Trinajstić information content (AvgIpc) is 2.99. The predicted molar refractivity (Wildman–Crippen MR) is 110 cm³/mol. The van der Waals surface area contributed by atoms with Crippen LogP contribution in [0.4, 0.5) is 0 Å². The number of hydrogen-bond acceptors (Lipinski definition) is 4. The van der Waals surface area contributed by atoms with E-state index in [-0.39, 0.29) is 17.4 Å². The summed E-state index contributed by atoms with van der Waals surface area (Å²) in [5, 5.41) is 3.92. The Morgan fingerprint density at radius 3 is 2.46 bits per heavy atom. The smallest absolute Gasteiger partial charge is 0.289 e. The third-order valence-electron chi connectivity index (χ3n) is 6.33. The summed E-state index contributed by atoms with van der Waals surface area (Å²) in [5.74, 6) is 0.731. The number of amides is 1. The van der Waals surface area contributed by atoms with Gasteiger partial charge < -0.3 is 14.6 Å². The van der Waals surface area contributed by atoms with E-state index in [2.05, 4.69) is 27.3 Å². The maximum atomic E-state index is 12.5. The molecule has 1 saturated carbocycles. The summed E-state index contributed by atoms with van der Waals surface area (Å²) in [6, 6.07) is 8.59. The fourth-order valence-electron chi connectivity index (χ4n) is 4.60. The maximum absolute atomic E-state index is 12.5. The molecule has 1 saturated heterocycles. The number of carbonyl (C=O) groups excluding carboxylic acids is 1. The number of hydrogen-bond donors (Lipinski definition) is 1. The largest absolute Gasteiger partial charge is 0.436 e. The molecule has 1 N–H and O–H groups in total. The topological polar surface area (TPSA) is 58.4 Å². The highest BCUT2D eigenvalue weighted by atomic mass is 35.5. The van der Waals surface area contributed by atoms with Gasteiger partial charge in [0, 0.05) is 43.0 Å². The van der Waals surface area contributed by atoms with Gasteiger partial charge in [0.15, 0.2) is 5.89 Å². The van der Waals surface area contributed by atoms with Crippen LogP contribution >= 0.6 is 11.6 Å². The predicted octanol–water partition coefficient (Wildman–Crippen LogP) is 4.26. The van der Waals surface area contributed by atoms with Gasteiger partial charge in [0.2, 0.25) is 5.76 Å². The number of nitrogens with one attached hydrogen (secondary N) is 1. The Balaban J connectivity index is 1.32. The number of carbonyl (C=O) groups is 1. The SMILES string of the molecule is Cc1nc(C)c(C(=O)NC2CCN(CC3(c4ccc(Cl)cc4)CCC3)CC2)o1. The maximum Gasteiger partial charge on any atom is 0.289 e. The molecule has 4 rings (SSSR count). The number of likely N-dealkylation sites (tertiary alicyclic amines) is 1. The number of benzene rings is 1. The summed E-state index contributed by atoms with van der Waals surface area (Å²) < 4.78 is 5.44. The number of nitrogens with zero attached hydrogens (tertiary/aromatic N) is 2. The first kappa shape index (κ1) is 19.5. The minimum atomic E-state index is -0.145. The van der Waals surface area contributed by atoms with E-state index in [1.54, 1.807) is 6.92 Å². The van der Waals surface area contributed by atoms with Gasteiger partial charge >= 0.3 is 0 Å². The van der Waals surface area contributed by atoms with Gasteiger partial charge in [0.05, 0.1) is 5.69 Å². The first-order chi connectivity index (χ1) is 13.4. The van der Waals surface area contributed by atoms with E-state index >= 15 is 0 Å². The van der Waals surface area contributed by atoms with Gasteiger partial charge in [0.25, 0.3) is 5.91 Å². The lowest BCUT2D eigenvalue weighted by Crippen LogP contribution is -2.51. The van der Waals surface area contributed by atoms with Crippen molar-refractivity contribution < 1.29 is 9.21 Å². The van der Waals surface area contributed by atoms with E-state index in [4.69, 9.17) is 16.0 Å². The highest BCUT2D eigenvalue weighted by Crippen LogP contribution is 2.44. The number of rotatable bonds is 5. The van der Waals surface area contributed by atoms with Crippen molar-refractivity contribution in [1.82, 2.24) is 15.2 Å². The van der Waals surface area contributed by atoms with E-state index in [1.165, 1.54) is 24.8 Å². The van der Waals surface area contributed by atoms with Crippen LogP contribution in [-0.2, 0) is 5.41 Å². The monoisotopic (exact) mass is 401 g/mol. The third-order valence-corrected chi connectivity index (χ3v) is 6.58. The van der Waals surface area contributed by atoms with Gasteiger partial charge in [-0.2, -0.15) is 0 Å². The van der Waals surface area contributed by atoms with Crippen LogP contribution in [0.25, 0.3) is 0 Å². The van der Waals surface area contributed by atoms with E-state index in [1.807, 2.05) is 19.1 Å². The molecular formula is C22H28ClN3O2. The standard InChI is InChI=1S/C22H28ClN3O2/c1-15-20(28-16(2)24-15)21(27)25-19-8-12-26(13-9-19)14-22(10-3-11-22)17-4-6-18(23)7-5-17/h4-7,19H,3,8-14H2,1-2H3,(H,25,27). The van der Waals surface area contributed by atoms with Gasteiger partial charge in [0.1, 0.15) is 0 Å². The van der Waals surface area contributed by atoms with Crippen molar-refractivity contribution >= 4 is 17.5 Å².